The third-order valence-electron chi connectivity index (χ3n) is 4.58. The molecule has 0 spiro atoms. The first-order valence-corrected chi connectivity index (χ1v) is 7.55. The molecule has 1 saturated carbocycles. The number of methoxy groups -OCH3 is 2. The monoisotopic (exact) mass is 370 g/mol. The molecule has 3 rings (SSSR count). The fraction of sp³-hybridized carbons (Fsp3) is 0.538. The fourth-order valence-corrected chi connectivity index (χ4v) is 5.97. The molecule has 2 bridgehead atoms. The largest absolute Gasteiger partial charge is 0.350 e. The molecule has 4 nitrogen and oxygen atoms in total. The topological polar surface area (TPSA) is 52.6 Å². The highest BCUT2D eigenvalue weighted by Crippen LogP contribution is 2.74. The molecule has 0 aliphatic heterocycles. The zero-order valence-electron chi connectivity index (χ0n) is 11.0. The number of ether oxygens (including phenoxy) is 2. The first-order valence-electron chi connectivity index (χ1n) is 6.04. The van der Waals surface area contributed by atoms with Gasteiger partial charge in [0.1, 0.15) is 9.75 Å². The summed E-state index contributed by atoms with van der Waals surface area (Å²) in [6.45, 7) is 0. The van der Waals surface area contributed by atoms with Crippen molar-refractivity contribution in [3.05, 3.63) is 22.2 Å². The average molecular weight is 372 g/mol. The lowest BCUT2D eigenvalue weighted by atomic mass is 9.74. The number of ketones is 2. The van der Waals surface area contributed by atoms with Gasteiger partial charge in [0.15, 0.2) is 11.6 Å². The Morgan fingerprint density at radius 1 is 0.905 bits per heavy atom. The van der Waals surface area contributed by atoms with E-state index in [-0.39, 0.29) is 21.6 Å². The van der Waals surface area contributed by atoms with Gasteiger partial charge in [-0.05, 0) is 12.2 Å². The van der Waals surface area contributed by atoms with Gasteiger partial charge in [0.2, 0.25) is 5.79 Å². The molecule has 21 heavy (non-hydrogen) atoms. The van der Waals surface area contributed by atoms with E-state index in [1.807, 2.05) is 0 Å². The first-order chi connectivity index (χ1) is 9.74. The molecule has 0 radical (unpaired) electrons. The minimum absolute atomic E-state index is 0.0257. The Bertz CT molecular complexity index is 576. The van der Waals surface area contributed by atoms with Crippen molar-refractivity contribution in [2.45, 2.75) is 15.5 Å². The second-order valence-electron chi connectivity index (χ2n) is 5.17. The van der Waals surface area contributed by atoms with Gasteiger partial charge in [-0.1, -0.05) is 23.2 Å². The van der Waals surface area contributed by atoms with Crippen LogP contribution in [0, 0.1) is 11.8 Å². The van der Waals surface area contributed by atoms with E-state index >= 15 is 0 Å². The summed E-state index contributed by atoms with van der Waals surface area (Å²) in [5.41, 5.74) is 0. The summed E-state index contributed by atoms with van der Waals surface area (Å²) < 4.78 is 10.9. The van der Waals surface area contributed by atoms with Crippen molar-refractivity contribution in [2.24, 2.45) is 11.8 Å². The molecule has 0 amide bonds. The third-order valence-corrected chi connectivity index (χ3v) is 7.19. The minimum atomic E-state index is -1.72. The molecule has 0 aromatic rings. The molecule has 0 saturated heterocycles. The summed E-state index contributed by atoms with van der Waals surface area (Å²) in [6, 6.07) is 0. The van der Waals surface area contributed by atoms with Gasteiger partial charge < -0.3 is 9.47 Å². The predicted octanol–water partition coefficient (Wildman–Crippen LogP) is 2.59. The van der Waals surface area contributed by atoms with Gasteiger partial charge in [0.25, 0.3) is 0 Å². The molecule has 8 heteroatoms. The number of alkyl halides is 2. The van der Waals surface area contributed by atoms with E-state index < -0.39 is 27.4 Å². The number of halogens is 4. The van der Waals surface area contributed by atoms with Crippen LogP contribution < -0.4 is 0 Å². The van der Waals surface area contributed by atoms with E-state index in [1.54, 1.807) is 0 Å². The van der Waals surface area contributed by atoms with Crippen LogP contribution in [-0.4, -0.2) is 41.3 Å². The summed E-state index contributed by atoms with van der Waals surface area (Å²) in [6.07, 6.45) is 2.34. The highest BCUT2D eigenvalue weighted by atomic mass is 35.5. The van der Waals surface area contributed by atoms with Crippen LogP contribution in [-0.2, 0) is 19.1 Å². The summed E-state index contributed by atoms with van der Waals surface area (Å²) in [7, 11) is 2.63. The van der Waals surface area contributed by atoms with E-state index in [0.717, 1.165) is 0 Å². The van der Waals surface area contributed by atoms with Crippen molar-refractivity contribution >= 4 is 58.0 Å². The van der Waals surface area contributed by atoms with Crippen molar-refractivity contribution in [3.8, 4) is 0 Å². The lowest BCUT2D eigenvalue weighted by Crippen LogP contribution is -2.58. The normalized spacial score (nSPS) is 43.7. The van der Waals surface area contributed by atoms with Gasteiger partial charge >= 0.3 is 0 Å². The van der Waals surface area contributed by atoms with Gasteiger partial charge in [-0.25, -0.2) is 0 Å². The second kappa shape index (κ2) is 4.47. The van der Waals surface area contributed by atoms with Crippen molar-refractivity contribution in [3.63, 3.8) is 0 Å². The first kappa shape index (κ1) is 15.8. The highest BCUT2D eigenvalue weighted by Gasteiger charge is 2.87. The molecule has 4 atom stereocenters. The number of rotatable bonds is 2. The lowest BCUT2D eigenvalue weighted by Gasteiger charge is -2.40. The number of hydrogen-bond acceptors (Lipinski definition) is 4. The van der Waals surface area contributed by atoms with Crippen molar-refractivity contribution in [1.29, 1.82) is 0 Å². The Morgan fingerprint density at radius 2 is 1.24 bits per heavy atom. The van der Waals surface area contributed by atoms with Gasteiger partial charge in [0, 0.05) is 14.2 Å². The molecular weight excluding hydrogens is 362 g/mol. The lowest BCUT2D eigenvalue weighted by molar-refractivity contribution is -0.220. The molecule has 0 N–H and O–H groups in total. The van der Waals surface area contributed by atoms with Crippen LogP contribution in [0.4, 0.5) is 0 Å². The maximum absolute atomic E-state index is 12.3. The minimum Gasteiger partial charge on any atom is -0.350 e. The summed E-state index contributed by atoms with van der Waals surface area (Å²) in [5, 5.41) is -0.0514. The van der Waals surface area contributed by atoms with Crippen LogP contribution in [0.3, 0.4) is 0 Å². The molecular formula is C13H10Cl4O4. The number of allylic oxidation sites excluding steroid dienone is 2. The van der Waals surface area contributed by atoms with Crippen LogP contribution in [0.1, 0.15) is 0 Å². The Hall–Kier alpha value is -0.100. The molecule has 3 aliphatic carbocycles. The molecule has 1 fully saturated rings. The Kier molecular flexibility index (Phi) is 3.36. The zero-order chi connectivity index (χ0) is 15.8. The summed E-state index contributed by atoms with van der Waals surface area (Å²) in [5.74, 6) is -4.44. The van der Waals surface area contributed by atoms with Gasteiger partial charge in [-0.3, -0.25) is 9.59 Å². The molecule has 0 aromatic heterocycles. The Morgan fingerprint density at radius 3 is 1.52 bits per heavy atom. The summed E-state index contributed by atoms with van der Waals surface area (Å²) >= 11 is 25.8. The molecule has 114 valence electrons. The number of hydrogen-bond donors (Lipinski definition) is 0. The average Bonchev–Trinajstić information content (AvgIpc) is 2.72. The maximum Gasteiger partial charge on any atom is 0.218 e. The maximum atomic E-state index is 12.3. The summed E-state index contributed by atoms with van der Waals surface area (Å²) in [4.78, 5) is 21.3. The number of fused-ring (bicyclic) bond motifs is 5. The van der Waals surface area contributed by atoms with Crippen molar-refractivity contribution in [1.82, 2.24) is 0 Å². The number of carbonyl (C=O) groups excluding carboxylic acids is 2. The van der Waals surface area contributed by atoms with E-state index in [1.165, 1.54) is 26.4 Å². The quantitative estimate of drug-likeness (QED) is 0.553. The number of carbonyl (C=O) groups is 2. The smallest absolute Gasteiger partial charge is 0.218 e. The van der Waals surface area contributed by atoms with E-state index in [9.17, 15) is 9.59 Å². The van der Waals surface area contributed by atoms with E-state index in [2.05, 4.69) is 0 Å². The van der Waals surface area contributed by atoms with Crippen LogP contribution in [0.5, 0.6) is 0 Å². The SMILES string of the molecule is COC1(OC)[C@@]2(Cl)C(Cl)=C(Cl)[C@]1(Cl)[C@H]1C(=O)C=CC(=O)[C@@H]12. The van der Waals surface area contributed by atoms with Gasteiger partial charge in [0.05, 0.1) is 21.9 Å². The van der Waals surface area contributed by atoms with E-state index in [0.29, 0.717) is 0 Å². The van der Waals surface area contributed by atoms with Crippen molar-refractivity contribution in [2.75, 3.05) is 14.2 Å². The molecule has 3 aliphatic rings. The van der Waals surface area contributed by atoms with Crippen LogP contribution in [0.2, 0.25) is 0 Å². The Balaban J connectivity index is 2.39. The van der Waals surface area contributed by atoms with Crippen molar-refractivity contribution < 1.29 is 19.1 Å². The molecule has 0 unspecified atom stereocenters. The molecule has 0 heterocycles. The third kappa shape index (κ3) is 1.34. The zero-order valence-corrected chi connectivity index (χ0v) is 14.0. The second-order valence-corrected chi connectivity index (χ2v) is 7.12. The predicted molar refractivity (Wildman–Crippen MR) is 78.8 cm³/mol. The van der Waals surface area contributed by atoms with Gasteiger partial charge in [-0.15, -0.1) is 23.2 Å². The van der Waals surface area contributed by atoms with Crippen LogP contribution >= 0.6 is 46.4 Å². The van der Waals surface area contributed by atoms with Crippen LogP contribution in [0.15, 0.2) is 22.2 Å². The fourth-order valence-electron chi connectivity index (χ4n) is 3.78. The Labute approximate surface area is 140 Å². The standard InChI is InChI=1S/C13H10Cl4O4/c1-20-13(21-2)11(16)7-5(18)3-4-6(19)8(7)12(13,17)10(15)9(11)14/h3-4,7-8H,1-2H3/t7-,8-,11-,12+/m0/s1. The molecule has 0 aromatic carbocycles. The van der Waals surface area contributed by atoms with E-state index in [4.69, 9.17) is 55.9 Å². The van der Waals surface area contributed by atoms with Gasteiger partial charge in [-0.2, -0.15) is 0 Å². The highest BCUT2D eigenvalue weighted by molar-refractivity contribution is 6.53. The van der Waals surface area contributed by atoms with Crippen LogP contribution in [0.25, 0.3) is 0 Å².